The number of hydrogen-bond acceptors (Lipinski definition) is 3. The number of carbonyl (C=O) groups is 3. The minimum Gasteiger partial charge on any atom is -0.326 e. The summed E-state index contributed by atoms with van der Waals surface area (Å²) in [5, 5.41) is 8.66. The highest BCUT2D eigenvalue weighted by Gasteiger charge is 2.41. The van der Waals surface area contributed by atoms with E-state index in [4.69, 9.17) is 0 Å². The standard InChI is InChI=1S/C26H23N3O3/c1-13(30)27-16-6-9-21-22(10-16)25-19-7-4-17(28-14(2)31)11-23(19)26(21)24-12-18(29-15(3)32)5-8-20(24)25/h4-12,25-26H,1-3H3,(H,27,30)(H,28,31)(H,29,32). The maximum atomic E-state index is 11.6. The minimum absolute atomic E-state index is 0.00599. The molecule has 160 valence electrons. The van der Waals surface area contributed by atoms with Gasteiger partial charge in [-0.3, -0.25) is 14.4 Å². The molecule has 0 aromatic heterocycles. The summed E-state index contributed by atoms with van der Waals surface area (Å²) >= 11 is 0. The molecule has 3 aliphatic carbocycles. The lowest BCUT2D eigenvalue weighted by Gasteiger charge is -2.42. The third-order valence-electron chi connectivity index (χ3n) is 6.09. The molecule has 0 saturated carbocycles. The zero-order chi connectivity index (χ0) is 22.6. The molecule has 0 aliphatic heterocycles. The van der Waals surface area contributed by atoms with Crippen LogP contribution >= 0.6 is 0 Å². The molecule has 0 saturated heterocycles. The highest BCUT2D eigenvalue weighted by Crippen LogP contribution is 2.56. The summed E-state index contributed by atoms with van der Waals surface area (Å²) in [4.78, 5) is 34.9. The topological polar surface area (TPSA) is 87.3 Å². The molecule has 0 atom stereocenters. The lowest BCUT2D eigenvalue weighted by Crippen LogP contribution is -2.28. The Morgan fingerprint density at radius 2 is 0.781 bits per heavy atom. The molecule has 0 fully saturated rings. The Hall–Kier alpha value is -3.93. The molecular formula is C26H23N3O3. The van der Waals surface area contributed by atoms with Crippen LogP contribution in [-0.4, -0.2) is 17.7 Å². The molecule has 0 spiro atoms. The second-order valence-electron chi connectivity index (χ2n) is 8.44. The zero-order valence-corrected chi connectivity index (χ0v) is 18.1. The van der Waals surface area contributed by atoms with E-state index >= 15 is 0 Å². The van der Waals surface area contributed by atoms with Crippen LogP contribution in [0.5, 0.6) is 0 Å². The van der Waals surface area contributed by atoms with E-state index in [1.807, 2.05) is 30.3 Å². The number of anilines is 3. The Kier molecular flexibility index (Phi) is 4.59. The van der Waals surface area contributed by atoms with Gasteiger partial charge in [0.05, 0.1) is 0 Å². The number of hydrogen-bond donors (Lipinski definition) is 3. The van der Waals surface area contributed by atoms with Gasteiger partial charge in [0, 0.05) is 49.7 Å². The quantitative estimate of drug-likeness (QED) is 0.396. The van der Waals surface area contributed by atoms with E-state index in [0.29, 0.717) is 0 Å². The van der Waals surface area contributed by atoms with E-state index < -0.39 is 0 Å². The van der Waals surface area contributed by atoms with Crippen LogP contribution in [0.15, 0.2) is 54.6 Å². The first-order chi connectivity index (χ1) is 15.3. The van der Waals surface area contributed by atoms with Crippen LogP contribution in [0.3, 0.4) is 0 Å². The highest BCUT2D eigenvalue weighted by molar-refractivity contribution is 5.91. The lowest BCUT2D eigenvalue weighted by atomic mass is 9.61. The van der Waals surface area contributed by atoms with Gasteiger partial charge in [-0.15, -0.1) is 0 Å². The van der Waals surface area contributed by atoms with E-state index in [9.17, 15) is 14.4 Å². The number of amides is 3. The summed E-state index contributed by atoms with van der Waals surface area (Å²) in [5.74, 6) is -0.355. The Bertz CT molecular complexity index is 1240. The number of benzene rings is 3. The van der Waals surface area contributed by atoms with Crippen LogP contribution in [-0.2, 0) is 14.4 Å². The van der Waals surface area contributed by atoms with Crippen LogP contribution in [0.25, 0.3) is 0 Å². The van der Waals surface area contributed by atoms with Crippen molar-refractivity contribution in [3.63, 3.8) is 0 Å². The summed E-state index contributed by atoms with van der Waals surface area (Å²) in [7, 11) is 0. The van der Waals surface area contributed by atoms with E-state index in [-0.39, 0.29) is 29.6 Å². The van der Waals surface area contributed by atoms with Crippen molar-refractivity contribution in [3.8, 4) is 0 Å². The van der Waals surface area contributed by atoms with Crippen molar-refractivity contribution >= 4 is 34.8 Å². The molecule has 6 heteroatoms. The lowest BCUT2D eigenvalue weighted by molar-refractivity contribution is -0.115. The SMILES string of the molecule is CC(=O)Nc1ccc2c(c1)C1c3ccc(NC(C)=O)cc3C2c2cc(NC(C)=O)ccc21. The third kappa shape index (κ3) is 3.24. The van der Waals surface area contributed by atoms with Crippen LogP contribution in [0.2, 0.25) is 0 Å². The van der Waals surface area contributed by atoms with Crippen LogP contribution in [0.4, 0.5) is 17.1 Å². The summed E-state index contributed by atoms with van der Waals surface area (Å²) in [6, 6.07) is 18.2. The van der Waals surface area contributed by atoms with Crippen molar-refractivity contribution in [2.75, 3.05) is 16.0 Å². The van der Waals surface area contributed by atoms with Crippen LogP contribution < -0.4 is 16.0 Å². The molecule has 32 heavy (non-hydrogen) atoms. The first kappa shape index (κ1) is 20.0. The molecule has 3 aromatic carbocycles. The molecule has 3 aromatic rings. The Morgan fingerprint density at radius 3 is 1.06 bits per heavy atom. The van der Waals surface area contributed by atoms with Gasteiger partial charge in [0.1, 0.15) is 0 Å². The van der Waals surface area contributed by atoms with Gasteiger partial charge in [0.2, 0.25) is 17.7 Å². The van der Waals surface area contributed by atoms with Gasteiger partial charge in [0.15, 0.2) is 0 Å². The Labute approximate surface area is 186 Å². The average Bonchev–Trinajstić information content (AvgIpc) is 2.71. The van der Waals surface area contributed by atoms with Crippen molar-refractivity contribution in [1.82, 2.24) is 0 Å². The molecule has 6 nitrogen and oxygen atoms in total. The Balaban J connectivity index is 1.70. The molecule has 0 radical (unpaired) electrons. The predicted octanol–water partition coefficient (Wildman–Crippen LogP) is 4.55. The largest absolute Gasteiger partial charge is 0.326 e. The first-order valence-electron chi connectivity index (χ1n) is 10.6. The number of rotatable bonds is 3. The monoisotopic (exact) mass is 425 g/mol. The normalized spacial score (nSPS) is 17.0. The molecule has 0 heterocycles. The van der Waals surface area contributed by atoms with Gasteiger partial charge in [-0.05, 0) is 69.8 Å². The van der Waals surface area contributed by atoms with Gasteiger partial charge in [-0.2, -0.15) is 0 Å². The van der Waals surface area contributed by atoms with Crippen molar-refractivity contribution in [3.05, 3.63) is 88.0 Å². The van der Waals surface area contributed by atoms with Gasteiger partial charge in [0.25, 0.3) is 0 Å². The first-order valence-corrected chi connectivity index (χ1v) is 10.6. The minimum atomic E-state index is -0.111. The highest BCUT2D eigenvalue weighted by atomic mass is 16.2. The third-order valence-corrected chi connectivity index (χ3v) is 6.09. The van der Waals surface area contributed by atoms with E-state index in [1.165, 1.54) is 43.0 Å². The van der Waals surface area contributed by atoms with Crippen LogP contribution in [0.1, 0.15) is 66.0 Å². The zero-order valence-electron chi connectivity index (χ0n) is 18.1. The van der Waals surface area contributed by atoms with E-state index in [2.05, 4.69) is 40.2 Å². The van der Waals surface area contributed by atoms with Gasteiger partial charge < -0.3 is 16.0 Å². The second-order valence-corrected chi connectivity index (χ2v) is 8.44. The molecule has 3 N–H and O–H groups in total. The summed E-state index contributed by atoms with van der Waals surface area (Å²) in [5.41, 5.74) is 9.32. The van der Waals surface area contributed by atoms with Crippen molar-refractivity contribution in [2.24, 2.45) is 0 Å². The maximum Gasteiger partial charge on any atom is 0.221 e. The second kappa shape index (κ2) is 7.34. The van der Waals surface area contributed by atoms with Crippen LogP contribution in [0, 0.1) is 0 Å². The molecule has 6 rings (SSSR count). The molecule has 3 aliphatic rings. The molecule has 0 unspecified atom stereocenters. The smallest absolute Gasteiger partial charge is 0.221 e. The van der Waals surface area contributed by atoms with Gasteiger partial charge >= 0.3 is 0 Å². The molecule has 2 bridgehead atoms. The van der Waals surface area contributed by atoms with Crippen molar-refractivity contribution in [1.29, 1.82) is 0 Å². The van der Waals surface area contributed by atoms with Gasteiger partial charge in [-0.1, -0.05) is 18.2 Å². The van der Waals surface area contributed by atoms with E-state index in [0.717, 1.165) is 28.2 Å². The summed E-state index contributed by atoms with van der Waals surface area (Å²) in [6.07, 6.45) is 0. The fourth-order valence-electron chi connectivity index (χ4n) is 5.11. The fourth-order valence-corrected chi connectivity index (χ4v) is 5.11. The van der Waals surface area contributed by atoms with Gasteiger partial charge in [-0.25, -0.2) is 0 Å². The molecule has 3 amide bonds. The fraction of sp³-hybridized carbons (Fsp3) is 0.192. The van der Waals surface area contributed by atoms with Crippen molar-refractivity contribution in [2.45, 2.75) is 32.6 Å². The number of nitrogens with one attached hydrogen (secondary N) is 3. The maximum absolute atomic E-state index is 11.6. The van der Waals surface area contributed by atoms with E-state index in [1.54, 1.807) is 0 Å². The van der Waals surface area contributed by atoms with Crippen molar-refractivity contribution < 1.29 is 14.4 Å². The molecular weight excluding hydrogens is 402 g/mol. The predicted molar refractivity (Wildman–Crippen MR) is 124 cm³/mol. The summed E-state index contributed by atoms with van der Waals surface area (Å²) in [6.45, 7) is 4.50. The average molecular weight is 425 g/mol. The number of carbonyl (C=O) groups excluding carboxylic acids is 3. The summed E-state index contributed by atoms with van der Waals surface area (Å²) < 4.78 is 0. The Morgan fingerprint density at radius 1 is 0.500 bits per heavy atom.